The Morgan fingerprint density at radius 1 is 1.67 bits per heavy atom. The summed E-state index contributed by atoms with van der Waals surface area (Å²) in [6.07, 6.45) is 7.28. The summed E-state index contributed by atoms with van der Waals surface area (Å²) in [5.41, 5.74) is -0.814. The molecule has 0 aromatic rings. The first-order valence-electron chi connectivity index (χ1n) is 3.97. The van der Waals surface area contributed by atoms with E-state index in [4.69, 9.17) is 11.2 Å². The molecular formula is C10H15NO. The van der Waals surface area contributed by atoms with Gasteiger partial charge in [-0.1, -0.05) is 12.0 Å². The molecule has 66 valence electrons. The highest BCUT2D eigenvalue weighted by atomic mass is 16.5. The summed E-state index contributed by atoms with van der Waals surface area (Å²) in [5, 5.41) is 0. The molecule has 0 saturated carbocycles. The van der Waals surface area contributed by atoms with E-state index < -0.39 is 5.60 Å². The molecule has 1 aliphatic heterocycles. The van der Waals surface area contributed by atoms with E-state index in [1.807, 2.05) is 27.0 Å². The van der Waals surface area contributed by atoms with Crippen LogP contribution in [0.1, 0.15) is 13.8 Å². The Labute approximate surface area is 74.2 Å². The minimum absolute atomic E-state index is 0.262. The predicted octanol–water partition coefficient (Wildman–Crippen LogP) is 1.24. The van der Waals surface area contributed by atoms with Crippen molar-refractivity contribution < 1.29 is 4.74 Å². The van der Waals surface area contributed by atoms with Crippen LogP contribution in [-0.2, 0) is 4.74 Å². The Hall–Kier alpha value is -0.780. The Kier molecular flexibility index (Phi) is 2.03. The van der Waals surface area contributed by atoms with Crippen molar-refractivity contribution in [3.8, 4) is 12.3 Å². The lowest BCUT2D eigenvalue weighted by atomic mass is 9.83. The first-order valence-corrected chi connectivity index (χ1v) is 3.97. The Morgan fingerprint density at radius 2 is 2.25 bits per heavy atom. The number of ether oxygens (including phenoxy) is 1. The van der Waals surface area contributed by atoms with Crippen LogP contribution < -0.4 is 0 Å². The largest absolute Gasteiger partial charge is 0.345 e. The van der Waals surface area contributed by atoms with Crippen LogP contribution in [0.3, 0.4) is 0 Å². The molecule has 0 aromatic carbocycles. The Morgan fingerprint density at radius 3 is 2.58 bits per heavy atom. The van der Waals surface area contributed by atoms with Crippen molar-refractivity contribution in [3.63, 3.8) is 0 Å². The van der Waals surface area contributed by atoms with E-state index in [0.29, 0.717) is 6.73 Å². The highest BCUT2D eigenvalue weighted by molar-refractivity contribution is 5.26. The molecule has 0 N–H and O–H groups in total. The van der Waals surface area contributed by atoms with Crippen molar-refractivity contribution in [2.75, 3.05) is 13.8 Å². The van der Waals surface area contributed by atoms with E-state index in [0.717, 1.165) is 0 Å². The average Bonchev–Trinajstić information content (AvgIpc) is 2.31. The van der Waals surface area contributed by atoms with Gasteiger partial charge in [-0.2, -0.15) is 0 Å². The lowest BCUT2D eigenvalue weighted by Gasteiger charge is -2.36. The van der Waals surface area contributed by atoms with Crippen molar-refractivity contribution in [2.24, 2.45) is 0 Å². The fourth-order valence-electron chi connectivity index (χ4n) is 1.41. The second-order valence-corrected chi connectivity index (χ2v) is 3.50. The average molecular weight is 165 g/mol. The molecule has 0 aliphatic carbocycles. The SMILES string of the molecule is C#C[C@@]1(C)OCN(C)[C@@]1(C)C=C. The van der Waals surface area contributed by atoms with E-state index in [1.54, 1.807) is 0 Å². The van der Waals surface area contributed by atoms with Crippen molar-refractivity contribution >= 4 is 0 Å². The summed E-state index contributed by atoms with van der Waals surface area (Å²) in [4.78, 5) is 2.06. The maximum Gasteiger partial charge on any atom is 0.148 e. The van der Waals surface area contributed by atoms with E-state index >= 15 is 0 Å². The van der Waals surface area contributed by atoms with Gasteiger partial charge in [0.25, 0.3) is 0 Å². The third kappa shape index (κ3) is 0.906. The molecule has 2 nitrogen and oxygen atoms in total. The summed E-state index contributed by atoms with van der Waals surface area (Å²) in [6.45, 7) is 8.30. The number of hydrogen-bond donors (Lipinski definition) is 0. The molecule has 2 atom stereocenters. The smallest absolute Gasteiger partial charge is 0.148 e. The van der Waals surface area contributed by atoms with Gasteiger partial charge >= 0.3 is 0 Å². The number of nitrogens with zero attached hydrogens (tertiary/aromatic N) is 1. The summed E-state index contributed by atoms with van der Waals surface area (Å²) in [6, 6.07) is 0. The molecule has 12 heavy (non-hydrogen) atoms. The zero-order chi connectivity index (χ0) is 9.41. The molecule has 0 aromatic heterocycles. The summed E-state index contributed by atoms with van der Waals surface area (Å²) in [5.74, 6) is 2.68. The van der Waals surface area contributed by atoms with Gasteiger partial charge in [0.2, 0.25) is 0 Å². The monoisotopic (exact) mass is 165 g/mol. The number of hydrogen-bond acceptors (Lipinski definition) is 2. The van der Waals surface area contributed by atoms with Crippen molar-refractivity contribution in [2.45, 2.75) is 25.0 Å². The first-order chi connectivity index (χ1) is 5.50. The third-order valence-corrected chi connectivity index (χ3v) is 2.98. The van der Waals surface area contributed by atoms with Gasteiger partial charge in [0.1, 0.15) is 12.3 Å². The van der Waals surface area contributed by atoms with Crippen molar-refractivity contribution in [1.82, 2.24) is 4.90 Å². The topological polar surface area (TPSA) is 12.5 Å². The number of rotatable bonds is 1. The second-order valence-electron chi connectivity index (χ2n) is 3.50. The highest BCUT2D eigenvalue weighted by Gasteiger charge is 2.50. The zero-order valence-corrected chi connectivity index (χ0v) is 7.92. The van der Waals surface area contributed by atoms with Crippen LogP contribution in [0.4, 0.5) is 0 Å². The van der Waals surface area contributed by atoms with E-state index in [9.17, 15) is 0 Å². The van der Waals surface area contributed by atoms with Crippen LogP contribution in [-0.4, -0.2) is 29.8 Å². The summed E-state index contributed by atoms with van der Waals surface area (Å²) < 4.78 is 5.53. The lowest BCUT2D eigenvalue weighted by Crippen LogP contribution is -2.50. The Balaban J connectivity index is 3.09. The second kappa shape index (κ2) is 2.62. The van der Waals surface area contributed by atoms with Crippen LogP contribution in [0.15, 0.2) is 12.7 Å². The molecule has 1 heterocycles. The predicted molar refractivity (Wildman–Crippen MR) is 49.6 cm³/mol. The van der Waals surface area contributed by atoms with Crippen molar-refractivity contribution in [3.05, 3.63) is 12.7 Å². The molecule has 0 bridgehead atoms. The molecule has 1 saturated heterocycles. The summed E-state index contributed by atoms with van der Waals surface area (Å²) >= 11 is 0. The molecule has 1 fully saturated rings. The van der Waals surface area contributed by atoms with Gasteiger partial charge in [-0.25, -0.2) is 0 Å². The molecule has 1 rings (SSSR count). The highest BCUT2D eigenvalue weighted by Crippen LogP contribution is 2.37. The molecule has 0 amide bonds. The molecule has 0 unspecified atom stereocenters. The maximum absolute atomic E-state index is 5.53. The van der Waals surface area contributed by atoms with Gasteiger partial charge in [-0.05, 0) is 20.9 Å². The van der Waals surface area contributed by atoms with Crippen LogP contribution in [0, 0.1) is 12.3 Å². The van der Waals surface area contributed by atoms with Crippen LogP contribution >= 0.6 is 0 Å². The minimum atomic E-state index is -0.552. The van der Waals surface area contributed by atoms with Crippen LogP contribution in [0.25, 0.3) is 0 Å². The minimum Gasteiger partial charge on any atom is -0.345 e. The molecule has 1 aliphatic rings. The molecule has 2 heteroatoms. The van der Waals surface area contributed by atoms with Gasteiger partial charge in [0.05, 0.1) is 5.54 Å². The van der Waals surface area contributed by atoms with Crippen molar-refractivity contribution in [1.29, 1.82) is 0 Å². The summed E-state index contributed by atoms with van der Waals surface area (Å²) in [7, 11) is 1.98. The number of likely N-dealkylation sites (N-methyl/N-ethyl adjacent to an activating group) is 1. The first kappa shape index (κ1) is 9.31. The van der Waals surface area contributed by atoms with Gasteiger partial charge < -0.3 is 4.74 Å². The Bertz CT molecular complexity index is 243. The normalized spacial score (nSPS) is 42.5. The van der Waals surface area contributed by atoms with Gasteiger partial charge in [0, 0.05) is 0 Å². The zero-order valence-electron chi connectivity index (χ0n) is 7.92. The molecular weight excluding hydrogens is 150 g/mol. The van der Waals surface area contributed by atoms with E-state index in [1.165, 1.54) is 0 Å². The van der Waals surface area contributed by atoms with Gasteiger partial charge in [-0.3, -0.25) is 4.90 Å². The quantitative estimate of drug-likeness (QED) is 0.428. The van der Waals surface area contributed by atoms with Crippen LogP contribution in [0.2, 0.25) is 0 Å². The van der Waals surface area contributed by atoms with E-state index in [2.05, 4.69) is 17.4 Å². The van der Waals surface area contributed by atoms with Gasteiger partial charge in [-0.15, -0.1) is 13.0 Å². The van der Waals surface area contributed by atoms with E-state index in [-0.39, 0.29) is 5.54 Å². The van der Waals surface area contributed by atoms with Crippen LogP contribution in [0.5, 0.6) is 0 Å². The lowest BCUT2D eigenvalue weighted by molar-refractivity contribution is 0.0484. The standard InChI is InChI=1S/C10H15NO/c1-6-9(3)10(4,7-2)12-8-11(9)5/h2,6H,1,8H2,3-5H3/t9-,10+/m0/s1. The molecule has 0 spiro atoms. The number of terminal acetylenes is 1. The fourth-order valence-corrected chi connectivity index (χ4v) is 1.41. The molecule has 0 radical (unpaired) electrons. The maximum atomic E-state index is 5.53. The fraction of sp³-hybridized carbons (Fsp3) is 0.600. The third-order valence-electron chi connectivity index (χ3n) is 2.98. The van der Waals surface area contributed by atoms with Gasteiger partial charge in [0.15, 0.2) is 0 Å².